The average Bonchev–Trinajstić information content (AvgIpc) is 3.20. The van der Waals surface area contributed by atoms with E-state index in [2.05, 4.69) is 20.7 Å². The summed E-state index contributed by atoms with van der Waals surface area (Å²) in [7, 11) is 3.14. The number of fused-ring (bicyclic) bond motifs is 1. The highest BCUT2D eigenvalue weighted by atomic mass is 19.1. The summed E-state index contributed by atoms with van der Waals surface area (Å²) < 4.78 is 34.3. The van der Waals surface area contributed by atoms with E-state index in [9.17, 15) is 13.6 Å². The van der Waals surface area contributed by atoms with Crippen LogP contribution in [-0.4, -0.2) is 40.9 Å². The lowest BCUT2D eigenvalue weighted by molar-refractivity contribution is -0.118. The Morgan fingerprint density at radius 3 is 2.56 bits per heavy atom. The van der Waals surface area contributed by atoms with Crippen molar-refractivity contribution in [1.29, 1.82) is 0 Å². The number of carbonyl (C=O) groups excluding carboxylic acids is 1. The highest BCUT2D eigenvalue weighted by Crippen LogP contribution is 2.36. The number of likely N-dealkylation sites (N-methyl/N-ethyl adjacent to an activating group) is 1. The predicted octanol–water partition coefficient (Wildman–Crippen LogP) is 3.95. The van der Waals surface area contributed by atoms with E-state index in [0.29, 0.717) is 17.9 Å². The standard InChI is InChI=1S/C24H28F2N6O2/c1-13(2)22-24(33)30-21-14(3)29-20(8-19(21)31(22)4)27-9-16-10-28-32(12-16)11-15-6-17(25)23(34-5)18(26)7-15/h6-8,10,12-13,22H,9,11H2,1-5H3,(H,27,29)(H,30,33). The van der Waals surface area contributed by atoms with Crippen LogP contribution in [0.3, 0.4) is 0 Å². The number of carbonyl (C=O) groups is 1. The largest absolute Gasteiger partial charge is 0.491 e. The molecule has 34 heavy (non-hydrogen) atoms. The second kappa shape index (κ2) is 9.28. The highest BCUT2D eigenvalue weighted by Gasteiger charge is 2.34. The van der Waals surface area contributed by atoms with E-state index in [1.807, 2.05) is 38.8 Å². The van der Waals surface area contributed by atoms with Gasteiger partial charge in [0.25, 0.3) is 0 Å². The molecule has 1 aromatic carbocycles. The smallest absolute Gasteiger partial charge is 0.247 e. The summed E-state index contributed by atoms with van der Waals surface area (Å²) in [4.78, 5) is 19.1. The Morgan fingerprint density at radius 1 is 1.21 bits per heavy atom. The zero-order valence-corrected chi connectivity index (χ0v) is 19.8. The summed E-state index contributed by atoms with van der Waals surface area (Å²) in [6.07, 6.45) is 3.50. The van der Waals surface area contributed by atoms with E-state index in [0.717, 1.165) is 22.6 Å². The van der Waals surface area contributed by atoms with Crippen LogP contribution in [0.2, 0.25) is 0 Å². The molecule has 2 N–H and O–H groups in total. The molecule has 0 radical (unpaired) electrons. The minimum absolute atomic E-state index is 0.0281. The van der Waals surface area contributed by atoms with Gasteiger partial charge in [0.1, 0.15) is 11.9 Å². The van der Waals surface area contributed by atoms with Crippen LogP contribution in [-0.2, 0) is 17.9 Å². The average molecular weight is 471 g/mol. The van der Waals surface area contributed by atoms with Crippen molar-refractivity contribution in [1.82, 2.24) is 14.8 Å². The van der Waals surface area contributed by atoms with Crippen molar-refractivity contribution < 1.29 is 18.3 Å². The molecular weight excluding hydrogens is 442 g/mol. The third-order valence-corrected chi connectivity index (χ3v) is 5.89. The number of anilines is 3. The van der Waals surface area contributed by atoms with E-state index >= 15 is 0 Å². The summed E-state index contributed by atoms with van der Waals surface area (Å²) in [6, 6.07) is 4.14. The molecule has 0 bridgehead atoms. The number of pyridine rings is 1. The molecule has 4 rings (SSSR count). The molecule has 0 fully saturated rings. The second-order valence-corrected chi connectivity index (χ2v) is 8.77. The molecule has 180 valence electrons. The fourth-order valence-electron chi connectivity index (χ4n) is 4.31. The van der Waals surface area contributed by atoms with Crippen molar-refractivity contribution in [2.75, 3.05) is 29.7 Å². The van der Waals surface area contributed by atoms with Gasteiger partial charge in [0, 0.05) is 31.4 Å². The minimum atomic E-state index is -0.749. The summed E-state index contributed by atoms with van der Waals surface area (Å²) in [5.74, 6) is -1.09. The number of hydrogen-bond acceptors (Lipinski definition) is 6. The maximum atomic E-state index is 14.0. The van der Waals surface area contributed by atoms with Crippen molar-refractivity contribution >= 4 is 23.1 Å². The van der Waals surface area contributed by atoms with Crippen LogP contribution in [0.4, 0.5) is 26.0 Å². The van der Waals surface area contributed by atoms with Crippen molar-refractivity contribution in [3.8, 4) is 5.75 Å². The number of hydrogen-bond donors (Lipinski definition) is 2. The molecule has 0 saturated carbocycles. The molecule has 0 saturated heterocycles. The first kappa shape index (κ1) is 23.5. The van der Waals surface area contributed by atoms with Crippen molar-refractivity contribution in [2.24, 2.45) is 5.92 Å². The lowest BCUT2D eigenvalue weighted by Crippen LogP contribution is -2.49. The zero-order chi connectivity index (χ0) is 24.6. The quantitative estimate of drug-likeness (QED) is 0.544. The van der Waals surface area contributed by atoms with E-state index in [1.165, 1.54) is 19.2 Å². The number of methoxy groups -OCH3 is 1. The molecule has 3 heterocycles. The Kier molecular flexibility index (Phi) is 6.41. The minimum Gasteiger partial charge on any atom is -0.491 e. The van der Waals surface area contributed by atoms with Gasteiger partial charge in [-0.1, -0.05) is 13.8 Å². The number of halogens is 2. The second-order valence-electron chi connectivity index (χ2n) is 8.77. The Balaban J connectivity index is 1.46. The Morgan fingerprint density at radius 2 is 1.91 bits per heavy atom. The lowest BCUT2D eigenvalue weighted by atomic mass is 9.98. The molecule has 10 heteroatoms. The van der Waals surface area contributed by atoms with E-state index in [4.69, 9.17) is 4.74 Å². The molecule has 1 aliphatic heterocycles. The maximum absolute atomic E-state index is 14.0. The van der Waals surface area contributed by atoms with E-state index in [1.54, 1.807) is 17.1 Å². The molecule has 1 amide bonds. The van der Waals surface area contributed by atoms with Crippen LogP contribution in [0.25, 0.3) is 0 Å². The van der Waals surface area contributed by atoms with Crippen LogP contribution in [0, 0.1) is 24.5 Å². The predicted molar refractivity (Wildman–Crippen MR) is 126 cm³/mol. The van der Waals surface area contributed by atoms with Gasteiger partial charge in [0.15, 0.2) is 17.4 Å². The van der Waals surface area contributed by atoms with Gasteiger partial charge in [-0.3, -0.25) is 9.48 Å². The first-order valence-electron chi connectivity index (χ1n) is 11.0. The monoisotopic (exact) mass is 470 g/mol. The summed E-state index contributed by atoms with van der Waals surface area (Å²) in [6.45, 7) is 6.57. The molecular formula is C24H28F2N6O2. The van der Waals surface area contributed by atoms with Gasteiger partial charge < -0.3 is 20.3 Å². The van der Waals surface area contributed by atoms with Gasteiger partial charge in [-0.2, -0.15) is 5.10 Å². The first-order chi connectivity index (χ1) is 16.2. The van der Waals surface area contributed by atoms with Gasteiger partial charge >= 0.3 is 0 Å². The highest BCUT2D eigenvalue weighted by molar-refractivity contribution is 6.04. The van der Waals surface area contributed by atoms with Crippen LogP contribution in [0.15, 0.2) is 30.6 Å². The topological polar surface area (TPSA) is 84.3 Å². The van der Waals surface area contributed by atoms with E-state index in [-0.39, 0.29) is 24.4 Å². The number of rotatable bonds is 7. The molecule has 1 atom stereocenters. The molecule has 2 aromatic heterocycles. The Hall–Kier alpha value is -3.69. The van der Waals surface area contributed by atoms with Gasteiger partial charge in [-0.15, -0.1) is 0 Å². The number of ether oxygens (including phenoxy) is 1. The number of benzene rings is 1. The Bertz CT molecular complexity index is 1200. The van der Waals surface area contributed by atoms with Gasteiger partial charge in [0.2, 0.25) is 5.91 Å². The van der Waals surface area contributed by atoms with Crippen molar-refractivity contribution in [2.45, 2.75) is 39.9 Å². The number of aromatic nitrogens is 3. The fraction of sp³-hybridized carbons (Fsp3) is 0.375. The summed E-state index contributed by atoms with van der Waals surface area (Å²) in [5.41, 5.74) is 3.68. The third-order valence-electron chi connectivity index (χ3n) is 5.89. The van der Waals surface area contributed by atoms with Crippen LogP contribution < -0.4 is 20.3 Å². The SMILES string of the molecule is COc1c(F)cc(Cn2cc(CNc3cc4c(c(C)n3)NC(=O)C(C(C)C)N4C)cn2)cc1F. The molecule has 0 aliphatic carbocycles. The summed E-state index contributed by atoms with van der Waals surface area (Å²) >= 11 is 0. The van der Waals surface area contributed by atoms with Crippen LogP contribution in [0.5, 0.6) is 5.75 Å². The first-order valence-corrected chi connectivity index (χ1v) is 11.0. The van der Waals surface area contributed by atoms with E-state index < -0.39 is 17.4 Å². The molecule has 1 aliphatic rings. The zero-order valence-electron chi connectivity index (χ0n) is 19.8. The van der Waals surface area contributed by atoms with Crippen molar-refractivity contribution in [3.05, 3.63) is 59.0 Å². The molecule has 3 aromatic rings. The lowest BCUT2D eigenvalue weighted by Gasteiger charge is -2.38. The number of nitrogens with one attached hydrogen (secondary N) is 2. The molecule has 0 spiro atoms. The Labute approximate surface area is 196 Å². The van der Waals surface area contributed by atoms with Gasteiger partial charge in [-0.25, -0.2) is 13.8 Å². The summed E-state index contributed by atoms with van der Waals surface area (Å²) in [5, 5.41) is 10.6. The van der Waals surface area contributed by atoms with Crippen LogP contribution in [0.1, 0.15) is 30.7 Å². The number of aryl methyl sites for hydroxylation is 1. The maximum Gasteiger partial charge on any atom is 0.247 e. The van der Waals surface area contributed by atoms with Crippen molar-refractivity contribution in [3.63, 3.8) is 0 Å². The van der Waals surface area contributed by atoms with Gasteiger partial charge in [-0.05, 0) is 30.5 Å². The third kappa shape index (κ3) is 4.52. The number of amides is 1. The fourth-order valence-corrected chi connectivity index (χ4v) is 4.31. The molecule has 8 nitrogen and oxygen atoms in total. The van der Waals surface area contributed by atoms with Crippen LogP contribution >= 0.6 is 0 Å². The number of nitrogens with zero attached hydrogens (tertiary/aromatic N) is 4. The van der Waals surface area contributed by atoms with Gasteiger partial charge in [0.05, 0.1) is 36.9 Å². The normalized spacial score (nSPS) is 15.4. The molecule has 1 unspecified atom stereocenters.